The molecule has 1 amide bonds. The Morgan fingerprint density at radius 1 is 0.969 bits per heavy atom. The van der Waals surface area contributed by atoms with E-state index in [0.29, 0.717) is 29.3 Å². The number of piperazine rings is 1. The van der Waals surface area contributed by atoms with Crippen LogP contribution in [0, 0.1) is 0 Å². The smallest absolute Gasteiger partial charge is 0.255 e. The molecule has 0 radical (unpaired) electrons. The highest BCUT2D eigenvalue weighted by Crippen LogP contribution is 2.34. The molecule has 3 fully saturated rings. The van der Waals surface area contributed by atoms with Gasteiger partial charge in [0.15, 0.2) is 0 Å². The molecule has 0 saturated carbocycles. The predicted molar refractivity (Wildman–Crippen MR) is 129 cm³/mol. The van der Waals surface area contributed by atoms with Gasteiger partial charge in [-0.25, -0.2) is 0 Å². The number of hydrogen-bond donors (Lipinski definition) is 0. The van der Waals surface area contributed by atoms with Gasteiger partial charge in [-0.15, -0.1) is 0 Å². The number of fused-ring (bicyclic) bond motifs is 1. The summed E-state index contributed by atoms with van der Waals surface area (Å²) in [7, 11) is 0. The highest BCUT2D eigenvalue weighted by Gasteiger charge is 2.35. The minimum atomic E-state index is 0.0363. The number of hydrogen-bond acceptors (Lipinski definition) is 4. The molecule has 3 aliphatic rings. The molecule has 3 aliphatic heterocycles. The first-order valence-electron chi connectivity index (χ1n) is 11.5. The molecular weight excluding hydrogens is 445 g/mol. The molecule has 2 aromatic rings. The number of carbonyl (C=O) groups excluding carboxylic acids is 1. The van der Waals surface area contributed by atoms with E-state index in [9.17, 15) is 4.79 Å². The lowest BCUT2D eigenvalue weighted by Gasteiger charge is -2.46. The zero-order valence-electron chi connectivity index (χ0n) is 18.2. The molecule has 5 nitrogen and oxygen atoms in total. The first-order chi connectivity index (χ1) is 15.6. The molecule has 2 atom stereocenters. The normalized spacial score (nSPS) is 24.3. The van der Waals surface area contributed by atoms with Gasteiger partial charge in [0.25, 0.3) is 5.91 Å². The van der Waals surface area contributed by atoms with Crippen molar-refractivity contribution in [3.63, 3.8) is 0 Å². The van der Waals surface area contributed by atoms with Gasteiger partial charge in [-0.05, 0) is 55.0 Å². The van der Waals surface area contributed by atoms with Crippen molar-refractivity contribution in [2.24, 2.45) is 0 Å². The quantitative estimate of drug-likeness (QED) is 0.636. The Bertz CT molecular complexity index is 962. The maximum absolute atomic E-state index is 13.4. The number of anilines is 1. The van der Waals surface area contributed by atoms with Gasteiger partial charge in [0.05, 0.1) is 22.9 Å². The number of rotatable bonds is 3. The molecule has 0 bridgehead atoms. The van der Waals surface area contributed by atoms with Gasteiger partial charge >= 0.3 is 0 Å². The summed E-state index contributed by atoms with van der Waals surface area (Å²) in [5.41, 5.74) is 2.84. The van der Waals surface area contributed by atoms with Crippen molar-refractivity contribution in [1.29, 1.82) is 0 Å². The van der Waals surface area contributed by atoms with Gasteiger partial charge in [-0.1, -0.05) is 41.4 Å². The molecule has 32 heavy (non-hydrogen) atoms. The van der Waals surface area contributed by atoms with E-state index >= 15 is 0 Å². The summed E-state index contributed by atoms with van der Waals surface area (Å²) in [6.07, 6.45) is 3.20. The predicted octanol–water partition coefficient (Wildman–Crippen LogP) is 4.88. The Morgan fingerprint density at radius 3 is 2.59 bits per heavy atom. The van der Waals surface area contributed by atoms with Crippen molar-refractivity contribution in [2.45, 2.75) is 31.2 Å². The molecule has 3 saturated heterocycles. The summed E-state index contributed by atoms with van der Waals surface area (Å²) < 4.78 is 5.57. The SMILES string of the molecule is O=C(c1cccc(N2CCCOC2)c1Cl)N1CCN2C[C@@H](c3ccc(Cl)cc3)CC[C@@H]2C1. The van der Waals surface area contributed by atoms with Gasteiger partial charge in [0.1, 0.15) is 6.73 Å². The summed E-state index contributed by atoms with van der Waals surface area (Å²) in [5, 5.41) is 1.32. The third kappa shape index (κ3) is 4.49. The second-order valence-electron chi connectivity index (χ2n) is 9.02. The van der Waals surface area contributed by atoms with E-state index in [1.165, 1.54) is 5.56 Å². The Labute approximate surface area is 199 Å². The Kier molecular flexibility index (Phi) is 6.61. The summed E-state index contributed by atoms with van der Waals surface area (Å²) in [6.45, 7) is 5.63. The molecule has 0 aliphatic carbocycles. The van der Waals surface area contributed by atoms with Crippen LogP contribution in [0.4, 0.5) is 5.69 Å². The summed E-state index contributed by atoms with van der Waals surface area (Å²) in [4.78, 5) is 20.1. The standard InChI is InChI=1S/C25H29Cl2N3O2/c26-20-8-5-18(6-9-20)19-7-10-21-16-29(13-12-28(21)15-19)25(31)22-3-1-4-23(24(22)27)30-11-2-14-32-17-30/h1,3-6,8-9,19,21H,2,7,10-17H2/t19-,21+/m0/s1. The third-order valence-corrected chi connectivity index (χ3v) is 7.70. The van der Waals surface area contributed by atoms with E-state index in [2.05, 4.69) is 21.9 Å². The van der Waals surface area contributed by atoms with Crippen LogP contribution in [0.2, 0.25) is 10.0 Å². The number of nitrogens with zero attached hydrogens (tertiary/aromatic N) is 3. The van der Waals surface area contributed by atoms with Crippen molar-refractivity contribution in [3.05, 3.63) is 63.6 Å². The van der Waals surface area contributed by atoms with E-state index in [1.807, 2.05) is 35.2 Å². The summed E-state index contributed by atoms with van der Waals surface area (Å²) in [5.74, 6) is 0.568. The van der Waals surface area contributed by atoms with Crippen LogP contribution in [0.25, 0.3) is 0 Å². The van der Waals surface area contributed by atoms with E-state index in [0.717, 1.165) is 69.3 Å². The van der Waals surface area contributed by atoms with Gasteiger partial charge in [0.2, 0.25) is 0 Å². The van der Waals surface area contributed by atoms with Crippen LogP contribution in [-0.2, 0) is 4.74 Å². The average molecular weight is 474 g/mol. The Morgan fingerprint density at radius 2 is 1.81 bits per heavy atom. The fourth-order valence-corrected chi connectivity index (χ4v) is 5.71. The van der Waals surface area contributed by atoms with Crippen LogP contribution < -0.4 is 4.90 Å². The number of ether oxygens (including phenoxy) is 1. The van der Waals surface area contributed by atoms with E-state index in [1.54, 1.807) is 0 Å². The van der Waals surface area contributed by atoms with Gasteiger partial charge in [-0.2, -0.15) is 0 Å². The molecule has 0 spiro atoms. The van der Waals surface area contributed by atoms with Crippen LogP contribution in [-0.4, -0.2) is 67.8 Å². The van der Waals surface area contributed by atoms with Gasteiger partial charge in [-0.3, -0.25) is 9.69 Å². The summed E-state index contributed by atoms with van der Waals surface area (Å²) >= 11 is 12.8. The first kappa shape index (κ1) is 22.0. The average Bonchev–Trinajstić information content (AvgIpc) is 2.84. The molecule has 0 N–H and O–H groups in total. The lowest BCUT2D eigenvalue weighted by atomic mass is 9.86. The number of amides is 1. The molecule has 7 heteroatoms. The van der Waals surface area contributed by atoms with E-state index in [-0.39, 0.29) is 5.91 Å². The molecule has 170 valence electrons. The Balaban J connectivity index is 1.25. The second-order valence-corrected chi connectivity index (χ2v) is 9.83. The number of piperidine rings is 1. The maximum atomic E-state index is 13.4. The lowest BCUT2D eigenvalue weighted by Crippen LogP contribution is -2.57. The number of benzene rings is 2. The fraction of sp³-hybridized carbons (Fsp3) is 0.480. The minimum absolute atomic E-state index is 0.0363. The highest BCUT2D eigenvalue weighted by molar-refractivity contribution is 6.36. The lowest BCUT2D eigenvalue weighted by molar-refractivity contribution is 0.0329. The van der Waals surface area contributed by atoms with E-state index in [4.69, 9.17) is 27.9 Å². The topological polar surface area (TPSA) is 36.0 Å². The first-order valence-corrected chi connectivity index (χ1v) is 12.3. The highest BCUT2D eigenvalue weighted by atomic mass is 35.5. The van der Waals surface area contributed by atoms with Crippen molar-refractivity contribution >= 4 is 34.8 Å². The molecule has 5 rings (SSSR count). The van der Waals surface area contributed by atoms with Crippen molar-refractivity contribution in [3.8, 4) is 0 Å². The van der Waals surface area contributed by atoms with E-state index < -0.39 is 0 Å². The number of carbonyl (C=O) groups is 1. The molecule has 3 heterocycles. The maximum Gasteiger partial charge on any atom is 0.255 e. The molecule has 0 unspecified atom stereocenters. The van der Waals surface area contributed by atoms with Crippen LogP contribution in [0.3, 0.4) is 0 Å². The molecule has 2 aromatic carbocycles. The van der Waals surface area contributed by atoms with Gasteiger partial charge in [0, 0.05) is 43.8 Å². The van der Waals surface area contributed by atoms with Crippen LogP contribution in [0.1, 0.15) is 41.1 Å². The number of halogens is 2. The van der Waals surface area contributed by atoms with Crippen molar-refractivity contribution < 1.29 is 9.53 Å². The monoisotopic (exact) mass is 473 g/mol. The molecular formula is C25H29Cl2N3O2. The van der Waals surface area contributed by atoms with Crippen LogP contribution >= 0.6 is 23.2 Å². The van der Waals surface area contributed by atoms with Crippen LogP contribution in [0.15, 0.2) is 42.5 Å². The Hall–Kier alpha value is -1.79. The van der Waals surface area contributed by atoms with Crippen molar-refractivity contribution in [1.82, 2.24) is 9.80 Å². The molecule has 0 aromatic heterocycles. The zero-order chi connectivity index (χ0) is 22.1. The summed E-state index contributed by atoms with van der Waals surface area (Å²) in [6, 6.07) is 14.4. The third-order valence-electron chi connectivity index (χ3n) is 7.05. The zero-order valence-corrected chi connectivity index (χ0v) is 19.7. The van der Waals surface area contributed by atoms with Gasteiger partial charge < -0.3 is 14.5 Å². The van der Waals surface area contributed by atoms with Crippen molar-refractivity contribution in [2.75, 3.05) is 51.0 Å². The minimum Gasteiger partial charge on any atom is -0.361 e. The largest absolute Gasteiger partial charge is 0.361 e. The fourth-order valence-electron chi connectivity index (χ4n) is 5.25. The second kappa shape index (κ2) is 9.60. The van der Waals surface area contributed by atoms with Crippen LogP contribution in [0.5, 0.6) is 0 Å².